The Kier molecular flexibility index (Phi) is 8.35. The van der Waals surface area contributed by atoms with Gasteiger partial charge in [0, 0.05) is 19.2 Å². The number of anilines is 1. The first-order valence-corrected chi connectivity index (χ1v) is 11.3. The normalized spacial score (nSPS) is 12.5. The van der Waals surface area contributed by atoms with E-state index in [1.165, 1.54) is 35.5 Å². The summed E-state index contributed by atoms with van der Waals surface area (Å²) >= 11 is 0. The van der Waals surface area contributed by atoms with E-state index in [9.17, 15) is 22.0 Å². The lowest BCUT2D eigenvalue weighted by atomic mass is 10.2. The van der Waals surface area contributed by atoms with E-state index in [-0.39, 0.29) is 22.1 Å². The number of nitrogens with zero attached hydrogens (tertiary/aromatic N) is 1. The van der Waals surface area contributed by atoms with Crippen molar-refractivity contribution >= 4 is 21.6 Å². The molecule has 170 valence electrons. The first-order valence-electron chi connectivity index (χ1n) is 9.83. The summed E-state index contributed by atoms with van der Waals surface area (Å²) in [6.07, 6.45) is -1.08. The second-order valence-electron chi connectivity index (χ2n) is 6.51. The van der Waals surface area contributed by atoms with Gasteiger partial charge in [-0.1, -0.05) is 13.8 Å². The topological polar surface area (TPSA) is 84.9 Å². The molecule has 0 aliphatic rings. The van der Waals surface area contributed by atoms with Gasteiger partial charge in [0.05, 0.1) is 17.2 Å². The van der Waals surface area contributed by atoms with Crippen molar-refractivity contribution in [2.75, 3.05) is 25.0 Å². The summed E-state index contributed by atoms with van der Waals surface area (Å²) in [6, 6.07) is 7.13. The maximum Gasteiger partial charge on any atom is 0.265 e. The smallest absolute Gasteiger partial charge is 0.265 e. The number of halogens is 2. The second kappa shape index (κ2) is 10.5. The maximum atomic E-state index is 13.4. The zero-order valence-electron chi connectivity index (χ0n) is 17.8. The number of hydrogen-bond acceptors (Lipinski definition) is 5. The van der Waals surface area contributed by atoms with Crippen LogP contribution in [0.5, 0.6) is 11.5 Å². The van der Waals surface area contributed by atoms with Crippen molar-refractivity contribution in [2.45, 2.75) is 38.7 Å². The van der Waals surface area contributed by atoms with E-state index in [1.54, 1.807) is 20.8 Å². The number of nitrogens with one attached hydrogen (secondary N) is 1. The first-order chi connectivity index (χ1) is 14.6. The van der Waals surface area contributed by atoms with Crippen molar-refractivity contribution < 1.29 is 31.5 Å². The standard InChI is InChI=1S/C21H26F2N2O5S/c1-5-25(6-2)31(27,28)16-9-11-20(29-7-3)19(13-16)24-21(26)14(4)30-15-8-10-17(22)18(23)12-15/h8-14H,5-7H2,1-4H3,(H,24,26). The number of benzene rings is 2. The van der Waals surface area contributed by atoms with Crippen LogP contribution in [0.1, 0.15) is 27.7 Å². The second-order valence-corrected chi connectivity index (χ2v) is 8.44. The summed E-state index contributed by atoms with van der Waals surface area (Å²) in [5.74, 6) is -2.49. The van der Waals surface area contributed by atoms with Gasteiger partial charge in [-0.2, -0.15) is 4.31 Å². The minimum Gasteiger partial charge on any atom is -0.492 e. The highest BCUT2D eigenvalue weighted by Crippen LogP contribution is 2.30. The number of sulfonamides is 1. The molecule has 0 aliphatic carbocycles. The van der Waals surface area contributed by atoms with Gasteiger partial charge in [-0.3, -0.25) is 4.79 Å². The minimum absolute atomic E-state index is 0.00382. The number of ether oxygens (including phenoxy) is 2. The average molecular weight is 457 g/mol. The van der Waals surface area contributed by atoms with Crippen LogP contribution >= 0.6 is 0 Å². The quantitative estimate of drug-likeness (QED) is 0.588. The van der Waals surface area contributed by atoms with E-state index < -0.39 is 33.7 Å². The van der Waals surface area contributed by atoms with E-state index in [2.05, 4.69) is 5.32 Å². The van der Waals surface area contributed by atoms with Crippen LogP contribution in [0.2, 0.25) is 0 Å². The van der Waals surface area contributed by atoms with Crippen molar-refractivity contribution in [3.63, 3.8) is 0 Å². The van der Waals surface area contributed by atoms with E-state index in [4.69, 9.17) is 9.47 Å². The van der Waals surface area contributed by atoms with Gasteiger partial charge in [-0.25, -0.2) is 17.2 Å². The van der Waals surface area contributed by atoms with Crippen LogP contribution in [0.3, 0.4) is 0 Å². The van der Waals surface area contributed by atoms with Gasteiger partial charge >= 0.3 is 0 Å². The Bertz CT molecular complexity index is 1030. The lowest BCUT2D eigenvalue weighted by Crippen LogP contribution is -2.31. The molecule has 0 radical (unpaired) electrons. The predicted molar refractivity (Wildman–Crippen MR) is 113 cm³/mol. The number of rotatable bonds is 10. The molecule has 0 spiro atoms. The number of carbonyl (C=O) groups excluding carboxylic acids is 1. The number of amides is 1. The molecule has 0 aliphatic heterocycles. The summed E-state index contributed by atoms with van der Waals surface area (Å²) < 4.78 is 64.2. The molecule has 0 saturated carbocycles. The van der Waals surface area contributed by atoms with Crippen LogP contribution in [0.15, 0.2) is 41.3 Å². The predicted octanol–water partition coefficient (Wildman–Crippen LogP) is 3.80. The van der Waals surface area contributed by atoms with Gasteiger partial charge in [0.2, 0.25) is 10.0 Å². The van der Waals surface area contributed by atoms with Gasteiger partial charge in [-0.05, 0) is 44.2 Å². The van der Waals surface area contributed by atoms with E-state index in [0.717, 1.165) is 12.1 Å². The van der Waals surface area contributed by atoms with Gasteiger partial charge < -0.3 is 14.8 Å². The van der Waals surface area contributed by atoms with Crippen molar-refractivity contribution in [3.05, 3.63) is 48.0 Å². The molecule has 2 aromatic rings. The molecule has 2 aromatic carbocycles. The molecule has 2 rings (SSSR count). The highest BCUT2D eigenvalue weighted by atomic mass is 32.2. The Morgan fingerprint density at radius 2 is 1.74 bits per heavy atom. The zero-order valence-corrected chi connectivity index (χ0v) is 18.6. The molecular weight excluding hydrogens is 430 g/mol. The van der Waals surface area contributed by atoms with Crippen LogP contribution in [-0.2, 0) is 14.8 Å². The molecule has 0 bridgehead atoms. The Labute approximate surface area is 181 Å². The Hall–Kier alpha value is -2.72. The molecule has 1 amide bonds. The molecule has 10 heteroatoms. The molecule has 1 atom stereocenters. The van der Waals surface area contributed by atoms with Crippen molar-refractivity contribution in [1.29, 1.82) is 0 Å². The molecule has 1 unspecified atom stereocenters. The Morgan fingerprint density at radius 3 is 2.32 bits per heavy atom. The lowest BCUT2D eigenvalue weighted by Gasteiger charge is -2.20. The van der Waals surface area contributed by atoms with Crippen molar-refractivity contribution in [2.24, 2.45) is 0 Å². The third-order valence-electron chi connectivity index (χ3n) is 4.43. The van der Waals surface area contributed by atoms with Gasteiger partial charge in [0.1, 0.15) is 11.5 Å². The fourth-order valence-corrected chi connectivity index (χ4v) is 4.29. The number of hydrogen-bond donors (Lipinski definition) is 1. The molecular formula is C21H26F2N2O5S. The maximum absolute atomic E-state index is 13.4. The van der Waals surface area contributed by atoms with Crippen molar-refractivity contribution in [1.82, 2.24) is 4.31 Å². The average Bonchev–Trinajstić information content (AvgIpc) is 2.72. The SMILES string of the molecule is CCOc1ccc(S(=O)(=O)N(CC)CC)cc1NC(=O)C(C)Oc1ccc(F)c(F)c1. The summed E-state index contributed by atoms with van der Waals surface area (Å²) in [4.78, 5) is 12.6. The molecule has 7 nitrogen and oxygen atoms in total. The zero-order chi connectivity index (χ0) is 23.2. The van der Waals surface area contributed by atoms with Gasteiger partial charge in [-0.15, -0.1) is 0 Å². The monoisotopic (exact) mass is 456 g/mol. The summed E-state index contributed by atoms with van der Waals surface area (Å²) in [7, 11) is -3.75. The largest absolute Gasteiger partial charge is 0.492 e. The molecule has 0 aromatic heterocycles. The third-order valence-corrected chi connectivity index (χ3v) is 6.47. The Morgan fingerprint density at radius 1 is 1.06 bits per heavy atom. The molecule has 1 N–H and O–H groups in total. The van der Waals surface area contributed by atoms with Crippen LogP contribution in [0.4, 0.5) is 14.5 Å². The summed E-state index contributed by atoms with van der Waals surface area (Å²) in [5.41, 5.74) is 0.154. The van der Waals surface area contributed by atoms with Crippen LogP contribution in [0, 0.1) is 11.6 Å². The number of carbonyl (C=O) groups is 1. The molecule has 0 fully saturated rings. The molecule has 0 saturated heterocycles. The Balaban J connectivity index is 2.28. The van der Waals surface area contributed by atoms with Crippen LogP contribution in [0.25, 0.3) is 0 Å². The summed E-state index contributed by atoms with van der Waals surface area (Å²) in [5, 5.41) is 2.59. The molecule has 0 heterocycles. The highest BCUT2D eigenvalue weighted by Gasteiger charge is 2.24. The summed E-state index contributed by atoms with van der Waals surface area (Å²) in [6.45, 7) is 7.53. The first kappa shape index (κ1) is 24.5. The minimum atomic E-state index is -3.75. The van der Waals surface area contributed by atoms with E-state index >= 15 is 0 Å². The van der Waals surface area contributed by atoms with E-state index in [0.29, 0.717) is 19.7 Å². The lowest BCUT2D eigenvalue weighted by molar-refractivity contribution is -0.122. The van der Waals surface area contributed by atoms with Crippen LogP contribution in [-0.4, -0.2) is 44.4 Å². The van der Waals surface area contributed by atoms with E-state index in [1.807, 2.05) is 0 Å². The van der Waals surface area contributed by atoms with Crippen LogP contribution < -0.4 is 14.8 Å². The van der Waals surface area contributed by atoms with Gasteiger partial charge in [0.15, 0.2) is 17.7 Å². The highest BCUT2D eigenvalue weighted by molar-refractivity contribution is 7.89. The molecule has 31 heavy (non-hydrogen) atoms. The van der Waals surface area contributed by atoms with Gasteiger partial charge in [0.25, 0.3) is 5.91 Å². The fourth-order valence-electron chi connectivity index (χ4n) is 2.80. The van der Waals surface area contributed by atoms with Crippen molar-refractivity contribution in [3.8, 4) is 11.5 Å². The fraction of sp³-hybridized carbons (Fsp3) is 0.381. The third kappa shape index (κ3) is 5.92.